The number of amides is 2. The molecule has 2 N–H and O–H groups in total. The minimum absolute atomic E-state index is 0.0793. The Balaban J connectivity index is 1.38. The Morgan fingerprint density at radius 3 is 2.35 bits per heavy atom. The lowest BCUT2D eigenvalue weighted by Crippen LogP contribution is -2.45. The van der Waals surface area contributed by atoms with Gasteiger partial charge >= 0.3 is 0 Å². The molecular formula is C25H27N3O3. The predicted octanol–water partition coefficient (Wildman–Crippen LogP) is 4.17. The van der Waals surface area contributed by atoms with Crippen molar-refractivity contribution in [3.63, 3.8) is 0 Å². The van der Waals surface area contributed by atoms with Crippen molar-refractivity contribution in [3.05, 3.63) is 89.9 Å². The number of benzene rings is 2. The molecule has 4 rings (SSSR count). The lowest BCUT2D eigenvalue weighted by molar-refractivity contribution is 0.0902. The summed E-state index contributed by atoms with van der Waals surface area (Å²) in [6.07, 6.45) is 3.11. The van der Waals surface area contributed by atoms with Crippen molar-refractivity contribution in [1.82, 2.24) is 10.6 Å². The number of piperidine rings is 1. The third-order valence-corrected chi connectivity index (χ3v) is 5.71. The quantitative estimate of drug-likeness (QED) is 0.631. The van der Waals surface area contributed by atoms with Crippen LogP contribution < -0.4 is 15.5 Å². The van der Waals surface area contributed by atoms with Crippen molar-refractivity contribution < 1.29 is 14.0 Å². The second kappa shape index (κ2) is 9.51. The van der Waals surface area contributed by atoms with E-state index in [1.165, 1.54) is 6.26 Å². The fourth-order valence-electron chi connectivity index (χ4n) is 3.97. The van der Waals surface area contributed by atoms with Crippen LogP contribution in [0.2, 0.25) is 0 Å². The molecule has 0 radical (unpaired) electrons. The number of carbonyl (C=O) groups excluding carboxylic acids is 2. The normalized spacial score (nSPS) is 15.3. The third-order valence-electron chi connectivity index (χ3n) is 5.71. The van der Waals surface area contributed by atoms with Crippen LogP contribution in [0.5, 0.6) is 0 Å². The Bertz CT molecular complexity index is 1010. The molecule has 2 aromatic carbocycles. The van der Waals surface area contributed by atoms with Crippen LogP contribution in [0, 0.1) is 0 Å². The average Bonchev–Trinajstić information content (AvgIpc) is 3.35. The second-order valence-corrected chi connectivity index (χ2v) is 7.84. The monoisotopic (exact) mass is 417 g/mol. The summed E-state index contributed by atoms with van der Waals surface area (Å²) in [5.41, 5.74) is 2.67. The summed E-state index contributed by atoms with van der Waals surface area (Å²) in [4.78, 5) is 27.5. The average molecular weight is 418 g/mol. The molecule has 1 aliphatic rings. The van der Waals surface area contributed by atoms with Gasteiger partial charge in [0.2, 0.25) is 0 Å². The zero-order valence-electron chi connectivity index (χ0n) is 17.6. The maximum absolute atomic E-state index is 13.0. The number of hydrogen-bond acceptors (Lipinski definition) is 4. The molecule has 0 bridgehead atoms. The van der Waals surface area contributed by atoms with Crippen molar-refractivity contribution in [2.24, 2.45) is 0 Å². The van der Waals surface area contributed by atoms with Crippen molar-refractivity contribution in [2.45, 2.75) is 31.8 Å². The van der Waals surface area contributed by atoms with Gasteiger partial charge in [-0.05, 0) is 49.6 Å². The minimum Gasteiger partial charge on any atom is -0.459 e. The van der Waals surface area contributed by atoms with Gasteiger partial charge in [-0.1, -0.05) is 42.5 Å². The van der Waals surface area contributed by atoms with E-state index < -0.39 is 0 Å². The first-order chi connectivity index (χ1) is 15.1. The van der Waals surface area contributed by atoms with E-state index in [0.717, 1.165) is 37.2 Å². The molecule has 0 unspecified atom stereocenters. The molecule has 0 aliphatic carbocycles. The van der Waals surface area contributed by atoms with Crippen LogP contribution >= 0.6 is 0 Å². The highest BCUT2D eigenvalue weighted by Gasteiger charge is 2.25. The first-order valence-electron chi connectivity index (χ1n) is 10.7. The first-order valence-corrected chi connectivity index (χ1v) is 10.7. The zero-order valence-corrected chi connectivity index (χ0v) is 17.6. The topological polar surface area (TPSA) is 74.6 Å². The van der Waals surface area contributed by atoms with E-state index in [1.807, 2.05) is 61.5 Å². The Kier molecular flexibility index (Phi) is 6.36. The number of hydrogen-bond donors (Lipinski definition) is 2. The number of nitrogens with zero attached hydrogens (tertiary/aromatic N) is 1. The first kappa shape index (κ1) is 20.7. The largest absolute Gasteiger partial charge is 0.459 e. The fraction of sp³-hybridized carbons (Fsp3) is 0.280. The number of rotatable bonds is 6. The van der Waals surface area contributed by atoms with Gasteiger partial charge in [-0.15, -0.1) is 0 Å². The number of nitrogens with one attached hydrogen (secondary N) is 2. The Morgan fingerprint density at radius 2 is 1.65 bits per heavy atom. The molecule has 2 amide bonds. The molecular weight excluding hydrogens is 390 g/mol. The lowest BCUT2D eigenvalue weighted by atomic mass is 10.0. The molecule has 160 valence electrons. The SMILES string of the molecule is C[C@H](NC(=O)c1ccccc1N1CCC(NC(=O)c2ccco2)CC1)c1ccccc1. The molecule has 1 aliphatic heterocycles. The standard InChI is InChI=1S/C25H27N3O3/c1-18(19-8-3-2-4-9-19)26-24(29)21-10-5-6-11-22(21)28-15-13-20(14-16-28)27-25(30)23-12-7-17-31-23/h2-12,17-18,20H,13-16H2,1H3,(H,26,29)(H,27,30)/t18-/m0/s1. The molecule has 31 heavy (non-hydrogen) atoms. The summed E-state index contributed by atoms with van der Waals surface area (Å²) in [5, 5.41) is 6.15. The Hall–Kier alpha value is -3.54. The molecule has 0 spiro atoms. The molecule has 6 nitrogen and oxygen atoms in total. The summed E-state index contributed by atoms with van der Waals surface area (Å²) in [6, 6.07) is 21.0. The summed E-state index contributed by atoms with van der Waals surface area (Å²) in [7, 11) is 0. The predicted molar refractivity (Wildman–Crippen MR) is 120 cm³/mol. The number of para-hydroxylation sites is 1. The van der Waals surface area contributed by atoms with Gasteiger partial charge in [0.1, 0.15) is 0 Å². The van der Waals surface area contributed by atoms with Gasteiger partial charge in [-0.2, -0.15) is 0 Å². The highest BCUT2D eigenvalue weighted by atomic mass is 16.3. The van der Waals surface area contributed by atoms with Crippen LogP contribution in [0.4, 0.5) is 5.69 Å². The minimum atomic E-state index is -0.182. The van der Waals surface area contributed by atoms with E-state index in [2.05, 4.69) is 15.5 Å². The highest BCUT2D eigenvalue weighted by molar-refractivity contribution is 6.00. The Morgan fingerprint density at radius 1 is 0.935 bits per heavy atom. The number of anilines is 1. The number of furan rings is 1. The van der Waals surface area contributed by atoms with Crippen LogP contribution in [0.3, 0.4) is 0 Å². The van der Waals surface area contributed by atoms with Gasteiger partial charge in [0.05, 0.1) is 17.9 Å². The highest BCUT2D eigenvalue weighted by Crippen LogP contribution is 2.25. The zero-order chi connectivity index (χ0) is 21.6. The summed E-state index contributed by atoms with van der Waals surface area (Å²) >= 11 is 0. The molecule has 1 atom stereocenters. The molecule has 1 fully saturated rings. The third kappa shape index (κ3) is 4.97. The smallest absolute Gasteiger partial charge is 0.287 e. The maximum Gasteiger partial charge on any atom is 0.287 e. The molecule has 6 heteroatoms. The van der Waals surface area contributed by atoms with E-state index in [-0.39, 0.29) is 23.9 Å². The van der Waals surface area contributed by atoms with Gasteiger partial charge in [0, 0.05) is 24.8 Å². The van der Waals surface area contributed by atoms with Crippen molar-refractivity contribution in [1.29, 1.82) is 0 Å². The molecule has 1 aromatic heterocycles. The van der Waals surface area contributed by atoms with Gasteiger partial charge in [-0.3, -0.25) is 9.59 Å². The molecule has 0 saturated carbocycles. The fourth-order valence-corrected chi connectivity index (χ4v) is 3.97. The summed E-state index contributed by atoms with van der Waals surface area (Å²) < 4.78 is 5.17. The Labute approximate surface area is 182 Å². The summed E-state index contributed by atoms with van der Waals surface area (Å²) in [6.45, 7) is 3.52. The molecule has 2 heterocycles. The van der Waals surface area contributed by atoms with E-state index in [1.54, 1.807) is 12.1 Å². The van der Waals surface area contributed by atoms with Crippen LogP contribution in [-0.2, 0) is 0 Å². The van der Waals surface area contributed by atoms with Gasteiger partial charge in [-0.25, -0.2) is 0 Å². The second-order valence-electron chi connectivity index (χ2n) is 7.84. The van der Waals surface area contributed by atoms with Gasteiger partial charge < -0.3 is 20.0 Å². The molecule has 1 saturated heterocycles. The van der Waals surface area contributed by atoms with Crippen molar-refractivity contribution in [3.8, 4) is 0 Å². The van der Waals surface area contributed by atoms with Crippen LogP contribution in [0.15, 0.2) is 77.4 Å². The van der Waals surface area contributed by atoms with E-state index >= 15 is 0 Å². The van der Waals surface area contributed by atoms with Crippen molar-refractivity contribution >= 4 is 17.5 Å². The van der Waals surface area contributed by atoms with E-state index in [0.29, 0.717) is 11.3 Å². The maximum atomic E-state index is 13.0. The van der Waals surface area contributed by atoms with Crippen LogP contribution in [0.25, 0.3) is 0 Å². The van der Waals surface area contributed by atoms with Crippen LogP contribution in [-0.4, -0.2) is 30.9 Å². The van der Waals surface area contributed by atoms with Gasteiger partial charge in [0.15, 0.2) is 5.76 Å². The van der Waals surface area contributed by atoms with Crippen LogP contribution in [0.1, 0.15) is 52.3 Å². The van der Waals surface area contributed by atoms with Gasteiger partial charge in [0.25, 0.3) is 11.8 Å². The summed E-state index contributed by atoms with van der Waals surface area (Å²) in [5.74, 6) is 0.0651. The lowest BCUT2D eigenvalue weighted by Gasteiger charge is -2.34. The van der Waals surface area contributed by atoms with E-state index in [4.69, 9.17) is 4.42 Å². The van der Waals surface area contributed by atoms with E-state index in [9.17, 15) is 9.59 Å². The number of carbonyl (C=O) groups is 2. The molecule has 3 aromatic rings. The van der Waals surface area contributed by atoms with Crippen molar-refractivity contribution in [2.75, 3.05) is 18.0 Å².